The number of halogens is 11. The summed E-state index contributed by atoms with van der Waals surface area (Å²) in [5.41, 5.74) is -17.5. The molecule has 28 heavy (non-hydrogen) atoms. The minimum Gasteiger partial charge on any atom is -0.253 e. The van der Waals surface area contributed by atoms with Gasteiger partial charge in [-0.15, -0.1) is 0 Å². The summed E-state index contributed by atoms with van der Waals surface area (Å²) >= 11 is 0. The first kappa shape index (κ1) is 25.2. The van der Waals surface area contributed by atoms with Gasteiger partial charge in [0.25, 0.3) is 0 Å². The third-order valence-electron chi connectivity index (χ3n) is 7.02. The Morgan fingerprint density at radius 1 is 0.357 bits per heavy atom. The van der Waals surface area contributed by atoms with E-state index in [1.807, 2.05) is 0 Å². The second kappa shape index (κ2) is 8.91. The number of piperidine rings is 1. The second-order valence-electron chi connectivity index (χ2n) is 7.19. The average Bonchev–Trinajstić information content (AvgIpc) is 2.76. The van der Waals surface area contributed by atoms with E-state index in [0.29, 0.717) is 0 Å². The van der Waals surface area contributed by atoms with E-state index in [2.05, 4.69) is 0 Å². The van der Waals surface area contributed by atoms with Gasteiger partial charge in [-0.1, -0.05) is 0 Å². The summed E-state index contributed by atoms with van der Waals surface area (Å²) in [4.78, 5) is -0.359. The van der Waals surface area contributed by atoms with Crippen molar-refractivity contribution in [1.29, 1.82) is 0 Å². The molecule has 0 aromatic rings. The maximum Gasteiger partial charge on any atom is 0.144 e. The van der Waals surface area contributed by atoms with Crippen LogP contribution < -0.4 is 0 Å². The molecule has 0 atom stereocenters. The molecular formula is C16H22F11N. The van der Waals surface area contributed by atoms with Crippen molar-refractivity contribution in [2.75, 3.05) is 73.5 Å². The van der Waals surface area contributed by atoms with Gasteiger partial charge in [-0.05, 0) is 0 Å². The first-order chi connectivity index (χ1) is 13.3. The Hall–Kier alpha value is -0.810. The van der Waals surface area contributed by atoms with Gasteiger partial charge in [0.05, 0.1) is 40.7 Å². The van der Waals surface area contributed by atoms with E-state index in [1.54, 1.807) is 0 Å². The van der Waals surface area contributed by atoms with Crippen molar-refractivity contribution in [3.63, 3.8) is 0 Å². The lowest BCUT2D eigenvalue weighted by molar-refractivity contribution is -0.337. The first-order valence-electron chi connectivity index (χ1n) is 8.24. The SMILES string of the molecule is FCN1C(CF)(CF)C(CF)(CF)C(CF)(CF)C(CF)(CF)C1(CF)CF. The van der Waals surface area contributed by atoms with Gasteiger partial charge >= 0.3 is 0 Å². The molecule has 0 aromatic heterocycles. The molecule has 1 saturated heterocycles. The van der Waals surface area contributed by atoms with Gasteiger partial charge in [0.15, 0.2) is 0 Å². The summed E-state index contributed by atoms with van der Waals surface area (Å²) in [6.45, 7) is -24.7. The molecule has 0 amide bonds. The van der Waals surface area contributed by atoms with Crippen molar-refractivity contribution < 1.29 is 48.3 Å². The van der Waals surface area contributed by atoms with E-state index in [9.17, 15) is 48.3 Å². The predicted octanol–water partition coefficient (Wildman–Crippen LogP) is 4.36. The normalized spacial score (nSPS) is 25.0. The summed E-state index contributed by atoms with van der Waals surface area (Å²) in [5, 5.41) is 0. The van der Waals surface area contributed by atoms with Crippen LogP contribution in [-0.2, 0) is 0 Å². The highest BCUT2D eigenvalue weighted by atomic mass is 19.2. The van der Waals surface area contributed by atoms with Crippen LogP contribution in [-0.4, -0.2) is 89.5 Å². The molecule has 1 aliphatic rings. The van der Waals surface area contributed by atoms with E-state index in [1.165, 1.54) is 0 Å². The Kier molecular flexibility index (Phi) is 8.03. The predicted molar refractivity (Wildman–Crippen MR) is 80.3 cm³/mol. The van der Waals surface area contributed by atoms with Crippen molar-refractivity contribution in [3.8, 4) is 0 Å². The van der Waals surface area contributed by atoms with Crippen molar-refractivity contribution >= 4 is 0 Å². The summed E-state index contributed by atoms with van der Waals surface area (Å²) in [6.07, 6.45) is 0. The highest BCUT2D eigenvalue weighted by molar-refractivity contribution is 5.30. The van der Waals surface area contributed by atoms with Crippen LogP contribution in [0.3, 0.4) is 0 Å². The van der Waals surface area contributed by atoms with E-state index in [0.717, 1.165) is 0 Å². The Labute approximate surface area is 155 Å². The Morgan fingerprint density at radius 2 is 0.607 bits per heavy atom. The highest BCUT2D eigenvalue weighted by Gasteiger charge is 2.83. The lowest BCUT2D eigenvalue weighted by atomic mass is 9.39. The zero-order valence-electron chi connectivity index (χ0n) is 14.9. The van der Waals surface area contributed by atoms with Gasteiger partial charge in [-0.2, -0.15) is 0 Å². The van der Waals surface area contributed by atoms with Crippen LogP contribution in [0.4, 0.5) is 48.3 Å². The summed E-state index contributed by atoms with van der Waals surface area (Å²) in [5.74, 6) is 0. The van der Waals surface area contributed by atoms with Crippen LogP contribution in [0.5, 0.6) is 0 Å². The fourth-order valence-corrected chi connectivity index (χ4v) is 5.00. The molecule has 0 saturated carbocycles. The lowest BCUT2D eigenvalue weighted by Gasteiger charge is -2.73. The highest BCUT2D eigenvalue weighted by Crippen LogP contribution is 2.69. The molecule has 0 aromatic carbocycles. The third-order valence-corrected chi connectivity index (χ3v) is 7.02. The van der Waals surface area contributed by atoms with Gasteiger partial charge in [0, 0.05) is 0 Å². The molecule has 0 radical (unpaired) electrons. The van der Waals surface area contributed by atoms with Crippen LogP contribution in [0, 0.1) is 16.2 Å². The molecule has 0 bridgehead atoms. The summed E-state index contributed by atoms with van der Waals surface area (Å²) in [6, 6.07) is 0. The monoisotopic (exact) mass is 437 g/mol. The van der Waals surface area contributed by atoms with Gasteiger partial charge in [0.2, 0.25) is 0 Å². The van der Waals surface area contributed by atoms with Crippen molar-refractivity contribution in [2.24, 2.45) is 16.2 Å². The molecule has 12 heteroatoms. The van der Waals surface area contributed by atoms with E-state index in [-0.39, 0.29) is 4.90 Å². The number of rotatable bonds is 11. The zero-order valence-corrected chi connectivity index (χ0v) is 14.9. The van der Waals surface area contributed by atoms with Crippen LogP contribution in [0.25, 0.3) is 0 Å². The third kappa shape index (κ3) is 2.35. The van der Waals surface area contributed by atoms with Crippen molar-refractivity contribution in [3.05, 3.63) is 0 Å². The largest absolute Gasteiger partial charge is 0.253 e. The maximum atomic E-state index is 14.2. The molecule has 1 nitrogen and oxygen atoms in total. The quantitative estimate of drug-likeness (QED) is 0.343. The molecule has 1 rings (SSSR count). The van der Waals surface area contributed by atoms with Crippen LogP contribution in [0.1, 0.15) is 0 Å². The van der Waals surface area contributed by atoms with Crippen LogP contribution in [0.2, 0.25) is 0 Å². The smallest absolute Gasteiger partial charge is 0.144 e. The second-order valence-corrected chi connectivity index (χ2v) is 7.19. The summed E-state index contributed by atoms with van der Waals surface area (Å²) in [7, 11) is 0. The molecule has 1 aliphatic heterocycles. The standard InChI is InChI=1S/C16H22F11N/c17-1-12(2-18)13(3-19,4-20)15(7-23,8-24)28(11-27)16(9-25,10-26)14(12,5-21)6-22/h1-11H2. The van der Waals surface area contributed by atoms with Crippen molar-refractivity contribution in [2.45, 2.75) is 11.1 Å². The molecule has 0 N–H and O–H groups in total. The zero-order chi connectivity index (χ0) is 21.9. The molecular weight excluding hydrogens is 415 g/mol. The van der Waals surface area contributed by atoms with E-state index >= 15 is 0 Å². The van der Waals surface area contributed by atoms with Crippen LogP contribution in [0.15, 0.2) is 0 Å². The topological polar surface area (TPSA) is 3.24 Å². The van der Waals surface area contributed by atoms with Gasteiger partial charge < -0.3 is 0 Å². The average molecular weight is 437 g/mol. The fraction of sp³-hybridized carbons (Fsp3) is 1.00. The van der Waals surface area contributed by atoms with E-state index in [4.69, 9.17) is 0 Å². The number of hydrogen-bond acceptors (Lipinski definition) is 1. The van der Waals surface area contributed by atoms with Gasteiger partial charge in [-0.3, -0.25) is 31.2 Å². The Morgan fingerprint density at radius 3 is 0.750 bits per heavy atom. The van der Waals surface area contributed by atoms with Crippen LogP contribution >= 0.6 is 0 Å². The Bertz CT molecular complexity index is 445. The first-order valence-corrected chi connectivity index (χ1v) is 8.24. The maximum absolute atomic E-state index is 14.2. The molecule has 1 fully saturated rings. The molecule has 0 unspecified atom stereocenters. The molecule has 0 aliphatic carbocycles. The van der Waals surface area contributed by atoms with Gasteiger partial charge in [-0.25, -0.2) is 22.0 Å². The summed E-state index contributed by atoms with van der Waals surface area (Å²) < 4.78 is 155. The van der Waals surface area contributed by atoms with Crippen molar-refractivity contribution in [1.82, 2.24) is 4.90 Å². The van der Waals surface area contributed by atoms with E-state index < -0.39 is 101 Å². The fourth-order valence-electron chi connectivity index (χ4n) is 5.00. The minimum absolute atomic E-state index is 0.359. The number of alkyl halides is 11. The lowest BCUT2D eigenvalue weighted by Crippen LogP contribution is -2.89. The van der Waals surface area contributed by atoms with Gasteiger partial charge in [0.1, 0.15) is 60.2 Å². The molecule has 168 valence electrons. The number of likely N-dealkylation sites (tertiary alicyclic amines) is 1. The Balaban J connectivity index is 4.30. The molecule has 0 spiro atoms. The minimum atomic E-state index is -3.56. The number of nitrogens with zero attached hydrogens (tertiary/aromatic N) is 1. The molecule has 1 heterocycles. The number of hydrogen-bond donors (Lipinski definition) is 0.